The van der Waals surface area contributed by atoms with Gasteiger partial charge < -0.3 is 19.1 Å². The normalized spacial score (nSPS) is 16.1. The molecule has 0 N–H and O–H groups in total. The third-order valence-electron chi connectivity index (χ3n) is 6.03. The molecular weight excluding hydrogens is 457 g/mol. The number of nitrogens with zero attached hydrogens (tertiary/aromatic N) is 3. The highest BCUT2D eigenvalue weighted by Crippen LogP contribution is 2.28. The Labute approximate surface area is 201 Å². The molecule has 1 aromatic carbocycles. The van der Waals surface area contributed by atoms with Crippen molar-refractivity contribution in [3.8, 4) is 0 Å². The molecule has 0 spiro atoms. The number of ether oxygens (including phenoxy) is 1. The van der Waals surface area contributed by atoms with Gasteiger partial charge in [-0.2, -0.15) is 0 Å². The summed E-state index contributed by atoms with van der Waals surface area (Å²) in [5, 5.41) is 2.95. The van der Waals surface area contributed by atoms with Gasteiger partial charge in [-0.15, -0.1) is 11.3 Å². The Bertz CT molecular complexity index is 1200. The fourth-order valence-corrected chi connectivity index (χ4v) is 5.28. The van der Waals surface area contributed by atoms with Gasteiger partial charge in [0.2, 0.25) is 5.91 Å². The van der Waals surface area contributed by atoms with Gasteiger partial charge in [0.05, 0.1) is 13.0 Å². The monoisotopic (exact) mass is 485 g/mol. The lowest BCUT2D eigenvalue weighted by Crippen LogP contribution is -2.55. The number of carbonyl (C=O) groups is 3. The zero-order chi connectivity index (χ0) is 24.2. The van der Waals surface area contributed by atoms with Crippen LogP contribution >= 0.6 is 11.3 Å². The van der Waals surface area contributed by atoms with Crippen LogP contribution in [0.2, 0.25) is 0 Å². The molecule has 0 aliphatic carbocycles. The summed E-state index contributed by atoms with van der Waals surface area (Å²) in [5.74, 6) is -0.901. The number of halogens is 1. The molecule has 1 aliphatic rings. The summed E-state index contributed by atoms with van der Waals surface area (Å²) in [7, 11) is 0. The highest BCUT2D eigenvalue weighted by atomic mass is 32.1. The minimum Gasteiger partial charge on any atom is -0.466 e. The first kappa shape index (κ1) is 23.9. The standard InChI is InChI=1S/C25H28FN3O4S/c1-3-33-23(31)8-7-22(30)28-11-10-27(15-17(28)2)24(32)21-14-19-9-12-34-25(19)29(21)16-18-5-4-6-20(26)13-18/h4-6,9,12-14,17H,3,7-8,10-11,15-16H2,1-2H3. The molecule has 2 aromatic heterocycles. The molecule has 1 saturated heterocycles. The minimum atomic E-state index is -0.378. The fourth-order valence-electron chi connectivity index (χ4n) is 4.39. The van der Waals surface area contributed by atoms with Crippen molar-refractivity contribution in [3.63, 3.8) is 0 Å². The van der Waals surface area contributed by atoms with Crippen molar-refractivity contribution in [1.29, 1.82) is 0 Å². The van der Waals surface area contributed by atoms with Crippen LogP contribution in [0.4, 0.5) is 4.39 Å². The summed E-state index contributed by atoms with van der Waals surface area (Å²) in [6.07, 6.45) is 0.159. The minimum absolute atomic E-state index is 0.0584. The third kappa shape index (κ3) is 5.14. The van der Waals surface area contributed by atoms with Gasteiger partial charge in [-0.1, -0.05) is 12.1 Å². The molecule has 1 aliphatic heterocycles. The van der Waals surface area contributed by atoms with Gasteiger partial charge in [0.25, 0.3) is 5.91 Å². The van der Waals surface area contributed by atoms with Gasteiger partial charge >= 0.3 is 5.97 Å². The molecule has 0 bridgehead atoms. The molecule has 7 nitrogen and oxygen atoms in total. The Kier molecular flexibility index (Phi) is 7.31. The Balaban J connectivity index is 1.47. The number of carbonyl (C=O) groups excluding carboxylic acids is 3. The second kappa shape index (κ2) is 10.4. The van der Waals surface area contributed by atoms with Crippen molar-refractivity contribution in [3.05, 3.63) is 58.9 Å². The van der Waals surface area contributed by atoms with Gasteiger partial charge in [0, 0.05) is 44.0 Å². The van der Waals surface area contributed by atoms with Gasteiger partial charge in [0.15, 0.2) is 0 Å². The molecule has 34 heavy (non-hydrogen) atoms. The van der Waals surface area contributed by atoms with Crippen LogP contribution in [0.1, 0.15) is 42.7 Å². The molecular formula is C25H28FN3O4S. The molecule has 3 heterocycles. The quantitative estimate of drug-likeness (QED) is 0.476. The number of aromatic nitrogens is 1. The van der Waals surface area contributed by atoms with E-state index in [2.05, 4.69) is 0 Å². The topological polar surface area (TPSA) is 71.9 Å². The van der Waals surface area contributed by atoms with Crippen molar-refractivity contribution in [2.75, 3.05) is 26.2 Å². The smallest absolute Gasteiger partial charge is 0.306 e. The molecule has 1 unspecified atom stereocenters. The van der Waals surface area contributed by atoms with Crippen molar-refractivity contribution >= 4 is 39.3 Å². The highest BCUT2D eigenvalue weighted by Gasteiger charge is 2.31. The molecule has 0 saturated carbocycles. The fraction of sp³-hybridized carbons (Fsp3) is 0.400. The van der Waals surface area contributed by atoms with E-state index in [-0.39, 0.29) is 42.5 Å². The van der Waals surface area contributed by atoms with Crippen molar-refractivity contribution in [2.45, 2.75) is 39.3 Å². The number of benzene rings is 1. The summed E-state index contributed by atoms with van der Waals surface area (Å²) < 4.78 is 20.6. The van der Waals surface area contributed by atoms with Crippen molar-refractivity contribution in [1.82, 2.24) is 14.4 Å². The molecule has 1 fully saturated rings. The summed E-state index contributed by atoms with van der Waals surface area (Å²) in [6.45, 7) is 5.55. The van der Waals surface area contributed by atoms with E-state index in [1.165, 1.54) is 12.1 Å². The number of rotatable bonds is 7. The molecule has 3 aromatic rings. The molecule has 1 atom stereocenters. The van der Waals surface area contributed by atoms with E-state index in [9.17, 15) is 18.8 Å². The Morgan fingerprint density at radius 3 is 2.71 bits per heavy atom. The number of piperazine rings is 1. The van der Waals surface area contributed by atoms with Crippen LogP contribution in [0.25, 0.3) is 10.2 Å². The van der Waals surface area contributed by atoms with E-state index in [0.717, 1.165) is 15.8 Å². The Morgan fingerprint density at radius 1 is 1.15 bits per heavy atom. The van der Waals surface area contributed by atoms with Gasteiger partial charge in [0.1, 0.15) is 16.3 Å². The number of thiophene rings is 1. The van der Waals surface area contributed by atoms with Crippen LogP contribution < -0.4 is 0 Å². The third-order valence-corrected chi connectivity index (χ3v) is 6.99. The van der Waals surface area contributed by atoms with E-state index in [4.69, 9.17) is 4.74 Å². The van der Waals surface area contributed by atoms with Crippen LogP contribution in [0.15, 0.2) is 41.8 Å². The lowest BCUT2D eigenvalue weighted by molar-refractivity contribution is -0.146. The van der Waals surface area contributed by atoms with Crippen molar-refractivity contribution in [2.24, 2.45) is 0 Å². The second-order valence-electron chi connectivity index (χ2n) is 8.42. The molecule has 0 radical (unpaired) electrons. The lowest BCUT2D eigenvalue weighted by atomic mass is 10.1. The predicted octanol–water partition coefficient (Wildman–Crippen LogP) is 3.91. The number of esters is 1. The van der Waals surface area contributed by atoms with Crippen LogP contribution in [-0.2, 0) is 20.9 Å². The summed E-state index contributed by atoms with van der Waals surface area (Å²) >= 11 is 1.55. The van der Waals surface area contributed by atoms with E-state index < -0.39 is 0 Å². The van der Waals surface area contributed by atoms with Gasteiger partial charge in [-0.25, -0.2) is 4.39 Å². The second-order valence-corrected chi connectivity index (χ2v) is 9.31. The van der Waals surface area contributed by atoms with E-state index in [1.54, 1.807) is 34.1 Å². The maximum Gasteiger partial charge on any atom is 0.306 e. The number of amides is 2. The predicted molar refractivity (Wildman–Crippen MR) is 128 cm³/mol. The maximum atomic E-state index is 13.7. The number of hydrogen-bond donors (Lipinski definition) is 0. The number of hydrogen-bond acceptors (Lipinski definition) is 5. The lowest BCUT2D eigenvalue weighted by Gasteiger charge is -2.40. The zero-order valence-electron chi connectivity index (χ0n) is 19.3. The zero-order valence-corrected chi connectivity index (χ0v) is 20.1. The van der Waals surface area contributed by atoms with Crippen LogP contribution in [0, 0.1) is 5.82 Å². The first-order valence-electron chi connectivity index (χ1n) is 11.4. The van der Waals surface area contributed by atoms with Crippen LogP contribution in [0.3, 0.4) is 0 Å². The first-order chi connectivity index (χ1) is 16.4. The average molecular weight is 486 g/mol. The molecule has 4 rings (SSSR count). The molecule has 180 valence electrons. The summed E-state index contributed by atoms with van der Waals surface area (Å²) in [5.41, 5.74) is 1.34. The van der Waals surface area contributed by atoms with Gasteiger partial charge in [-0.3, -0.25) is 14.4 Å². The molecule has 2 amide bonds. The van der Waals surface area contributed by atoms with Crippen molar-refractivity contribution < 1.29 is 23.5 Å². The summed E-state index contributed by atoms with van der Waals surface area (Å²) in [4.78, 5) is 42.2. The highest BCUT2D eigenvalue weighted by molar-refractivity contribution is 7.16. The van der Waals surface area contributed by atoms with Crippen LogP contribution in [-0.4, -0.2) is 64.4 Å². The maximum absolute atomic E-state index is 13.7. The van der Waals surface area contributed by atoms with E-state index in [1.807, 2.05) is 35.1 Å². The van der Waals surface area contributed by atoms with E-state index >= 15 is 0 Å². The first-order valence-corrected chi connectivity index (χ1v) is 12.3. The Hall–Kier alpha value is -3.20. The van der Waals surface area contributed by atoms with E-state index in [0.29, 0.717) is 38.5 Å². The summed E-state index contributed by atoms with van der Waals surface area (Å²) in [6, 6.07) is 10.1. The Morgan fingerprint density at radius 2 is 1.97 bits per heavy atom. The van der Waals surface area contributed by atoms with Crippen LogP contribution in [0.5, 0.6) is 0 Å². The number of fused-ring (bicyclic) bond motifs is 1. The average Bonchev–Trinajstić information content (AvgIpc) is 3.40. The largest absolute Gasteiger partial charge is 0.466 e. The van der Waals surface area contributed by atoms with Gasteiger partial charge in [-0.05, 0) is 49.1 Å². The molecule has 9 heteroatoms. The SMILES string of the molecule is CCOC(=O)CCC(=O)N1CCN(C(=O)c2cc3ccsc3n2Cc2cccc(F)c2)CC1C.